The van der Waals surface area contributed by atoms with E-state index < -0.39 is 23.4 Å². The van der Waals surface area contributed by atoms with Crippen LogP contribution in [0.1, 0.15) is 42.6 Å². The van der Waals surface area contributed by atoms with Crippen molar-refractivity contribution in [1.29, 1.82) is 5.26 Å². The molecule has 1 aliphatic carbocycles. The average molecular weight is 520 g/mol. The number of carbonyl (C=O) groups excluding carboxylic acids is 3. The average Bonchev–Trinajstić information content (AvgIpc) is 3.30. The van der Waals surface area contributed by atoms with Gasteiger partial charge in [-0.15, -0.1) is 0 Å². The van der Waals surface area contributed by atoms with Crippen molar-refractivity contribution in [3.05, 3.63) is 47.8 Å². The van der Waals surface area contributed by atoms with E-state index in [9.17, 15) is 19.5 Å². The molecule has 12 nitrogen and oxygen atoms in total. The van der Waals surface area contributed by atoms with Crippen LogP contribution in [0.2, 0.25) is 0 Å². The van der Waals surface area contributed by atoms with Gasteiger partial charge in [0.05, 0.1) is 53.6 Å². The molecule has 4 N–H and O–H groups in total. The summed E-state index contributed by atoms with van der Waals surface area (Å²) in [6.07, 6.45) is 3.96. The van der Waals surface area contributed by atoms with Gasteiger partial charge >= 0.3 is 6.09 Å². The Balaban J connectivity index is 1.57. The van der Waals surface area contributed by atoms with Crippen molar-refractivity contribution in [2.45, 2.75) is 38.3 Å². The second-order valence-corrected chi connectivity index (χ2v) is 9.74. The number of methoxy groups -OCH3 is 1. The van der Waals surface area contributed by atoms with Crippen molar-refractivity contribution in [2.75, 3.05) is 25.5 Å². The largest absolute Gasteiger partial charge is 0.453 e. The Morgan fingerprint density at radius 1 is 1.21 bits per heavy atom. The van der Waals surface area contributed by atoms with E-state index in [0.717, 1.165) is 18.4 Å². The van der Waals surface area contributed by atoms with Crippen LogP contribution < -0.4 is 16.0 Å². The minimum Gasteiger partial charge on any atom is -0.453 e. The van der Waals surface area contributed by atoms with Gasteiger partial charge in [-0.1, -0.05) is 0 Å². The smallest absolute Gasteiger partial charge is 0.406 e. The number of anilines is 1. The summed E-state index contributed by atoms with van der Waals surface area (Å²) >= 11 is 0. The summed E-state index contributed by atoms with van der Waals surface area (Å²) in [4.78, 5) is 40.9. The number of alkyl carbamates (subject to hydrolysis) is 1. The highest BCUT2D eigenvalue weighted by atomic mass is 16.5. The topological polar surface area (TPSA) is 171 Å². The van der Waals surface area contributed by atoms with Gasteiger partial charge in [0.1, 0.15) is 11.7 Å². The highest BCUT2D eigenvalue weighted by molar-refractivity contribution is 6.02. The lowest BCUT2D eigenvalue weighted by Crippen LogP contribution is -2.43. The molecule has 12 heteroatoms. The SMILES string of the molecule is COC(=O)NC[C@H]1C[C@H](Nc2cc(-c3ccc4cc(C#N)cnn34)ncc2C(=O)NCC(=O)C(C)(C)O)C1. The third kappa shape index (κ3) is 5.90. The zero-order valence-corrected chi connectivity index (χ0v) is 21.3. The van der Waals surface area contributed by atoms with E-state index in [2.05, 4.69) is 36.8 Å². The molecule has 0 aliphatic heterocycles. The number of aliphatic hydroxyl groups is 1. The fourth-order valence-electron chi connectivity index (χ4n) is 4.16. The third-order valence-electron chi connectivity index (χ3n) is 6.45. The maximum absolute atomic E-state index is 13.0. The number of hydrogen-bond donors (Lipinski definition) is 4. The number of amides is 2. The molecule has 0 radical (unpaired) electrons. The van der Waals surface area contributed by atoms with Crippen LogP contribution in [0.15, 0.2) is 36.7 Å². The van der Waals surface area contributed by atoms with Crippen molar-refractivity contribution in [1.82, 2.24) is 25.2 Å². The van der Waals surface area contributed by atoms with Crippen molar-refractivity contribution >= 4 is 29.0 Å². The fourth-order valence-corrected chi connectivity index (χ4v) is 4.16. The van der Waals surface area contributed by atoms with Gasteiger partial charge in [-0.3, -0.25) is 14.6 Å². The van der Waals surface area contributed by atoms with Gasteiger partial charge in [0.15, 0.2) is 5.78 Å². The minimum absolute atomic E-state index is 0.0552. The van der Waals surface area contributed by atoms with Crippen LogP contribution >= 0.6 is 0 Å². The molecule has 0 spiro atoms. The van der Waals surface area contributed by atoms with Gasteiger partial charge in [0, 0.05) is 18.8 Å². The van der Waals surface area contributed by atoms with Crippen LogP contribution in [0, 0.1) is 17.2 Å². The Labute approximate surface area is 219 Å². The van der Waals surface area contributed by atoms with E-state index >= 15 is 0 Å². The quantitative estimate of drug-likeness (QED) is 0.329. The van der Waals surface area contributed by atoms with E-state index in [0.29, 0.717) is 29.2 Å². The first-order valence-corrected chi connectivity index (χ1v) is 12.1. The number of nitrogens with one attached hydrogen (secondary N) is 3. The molecule has 0 aromatic carbocycles. The molecule has 3 aromatic rings. The van der Waals surface area contributed by atoms with E-state index in [1.165, 1.54) is 33.4 Å². The van der Waals surface area contributed by atoms with E-state index in [1.54, 1.807) is 16.6 Å². The zero-order valence-electron chi connectivity index (χ0n) is 21.3. The molecule has 38 heavy (non-hydrogen) atoms. The number of ether oxygens (including phenoxy) is 1. The summed E-state index contributed by atoms with van der Waals surface area (Å²) in [5.74, 6) is -0.765. The lowest BCUT2D eigenvalue weighted by atomic mass is 9.80. The molecule has 4 rings (SSSR count). The molecule has 0 atom stereocenters. The summed E-state index contributed by atoms with van der Waals surface area (Å²) < 4.78 is 6.27. The van der Waals surface area contributed by atoms with E-state index in [4.69, 9.17) is 5.26 Å². The predicted molar refractivity (Wildman–Crippen MR) is 137 cm³/mol. The molecular formula is C26H29N7O5. The van der Waals surface area contributed by atoms with Crippen LogP contribution in [0.4, 0.5) is 10.5 Å². The molecule has 0 unspecified atom stereocenters. The third-order valence-corrected chi connectivity index (χ3v) is 6.45. The molecule has 1 saturated carbocycles. The number of nitrogens with zero attached hydrogens (tertiary/aromatic N) is 4. The van der Waals surface area contributed by atoms with Crippen molar-refractivity contribution < 1.29 is 24.2 Å². The highest BCUT2D eigenvalue weighted by Crippen LogP contribution is 2.32. The number of nitriles is 1. The molecule has 1 fully saturated rings. The fraction of sp³-hybridized carbons (Fsp3) is 0.385. The maximum Gasteiger partial charge on any atom is 0.406 e. The summed E-state index contributed by atoms with van der Waals surface area (Å²) in [6.45, 7) is 2.89. The number of fused-ring (bicyclic) bond motifs is 1. The first kappa shape index (κ1) is 26.6. The van der Waals surface area contributed by atoms with Gasteiger partial charge in [0.25, 0.3) is 5.91 Å². The summed E-state index contributed by atoms with van der Waals surface area (Å²) in [5, 5.41) is 32.0. The Hall–Kier alpha value is -4.50. The van der Waals surface area contributed by atoms with Crippen LogP contribution in [-0.4, -0.2) is 69.3 Å². The van der Waals surface area contributed by atoms with Crippen molar-refractivity contribution in [3.63, 3.8) is 0 Å². The molecule has 3 heterocycles. The highest BCUT2D eigenvalue weighted by Gasteiger charge is 2.31. The van der Waals surface area contributed by atoms with Gasteiger partial charge in [-0.05, 0) is 56.9 Å². The molecule has 0 saturated heterocycles. The maximum atomic E-state index is 13.0. The number of Topliss-reactive ketones (excluding diaryl/α,β-unsaturated/α-hetero) is 1. The van der Waals surface area contributed by atoms with Gasteiger partial charge in [0.2, 0.25) is 0 Å². The second-order valence-electron chi connectivity index (χ2n) is 9.74. The number of carbonyl (C=O) groups is 3. The molecule has 198 valence electrons. The summed E-state index contributed by atoms with van der Waals surface area (Å²) in [7, 11) is 1.31. The van der Waals surface area contributed by atoms with Gasteiger partial charge in [-0.2, -0.15) is 10.4 Å². The normalized spacial score (nSPS) is 16.7. The number of pyridine rings is 1. The van der Waals surface area contributed by atoms with Crippen LogP contribution in [0.25, 0.3) is 16.9 Å². The summed E-state index contributed by atoms with van der Waals surface area (Å²) in [5.41, 5.74) is 1.59. The lowest BCUT2D eigenvalue weighted by molar-refractivity contribution is -0.132. The van der Waals surface area contributed by atoms with Crippen molar-refractivity contribution in [2.24, 2.45) is 5.92 Å². The Kier molecular flexibility index (Phi) is 7.59. The number of rotatable bonds is 9. The molecule has 2 amide bonds. The molecule has 0 bridgehead atoms. The lowest BCUT2D eigenvalue weighted by Gasteiger charge is -2.36. The minimum atomic E-state index is -1.57. The van der Waals surface area contributed by atoms with Crippen LogP contribution in [0.3, 0.4) is 0 Å². The molecular weight excluding hydrogens is 490 g/mol. The van der Waals surface area contributed by atoms with E-state index in [-0.39, 0.29) is 24.1 Å². The second kappa shape index (κ2) is 10.9. The van der Waals surface area contributed by atoms with Gasteiger partial charge in [-0.25, -0.2) is 9.31 Å². The number of aromatic nitrogens is 3. The monoisotopic (exact) mass is 519 g/mol. The van der Waals surface area contributed by atoms with Gasteiger partial charge < -0.3 is 25.8 Å². The first-order valence-electron chi connectivity index (χ1n) is 12.1. The predicted octanol–water partition coefficient (Wildman–Crippen LogP) is 1.88. The van der Waals surface area contributed by atoms with E-state index in [1.807, 2.05) is 12.1 Å². The number of ketones is 1. The standard InChI is InChI=1S/C26H29N7O5/c1-26(2,37)23(34)14-29-24(35)19-13-28-21(22-5-4-18-8-16(10-27)12-31-33(18)22)9-20(19)32-17-6-15(7-17)11-30-25(36)38-3/h4-5,8-9,12-13,15,17,37H,6-7,11,14H2,1-3H3,(H,28,32)(H,29,35)(H,30,36)/t15-,17-. The van der Waals surface area contributed by atoms with Crippen molar-refractivity contribution in [3.8, 4) is 17.5 Å². The Morgan fingerprint density at radius 2 is 1.97 bits per heavy atom. The van der Waals surface area contributed by atoms with Crippen LogP contribution in [-0.2, 0) is 9.53 Å². The zero-order chi connectivity index (χ0) is 27.4. The van der Waals surface area contributed by atoms with Crippen LogP contribution in [0.5, 0.6) is 0 Å². The molecule has 3 aromatic heterocycles. The molecule has 1 aliphatic rings. The number of hydrogen-bond acceptors (Lipinski definition) is 9. The summed E-state index contributed by atoms with van der Waals surface area (Å²) in [6, 6.07) is 9.24. The Bertz CT molecular complexity index is 1410. The Morgan fingerprint density at radius 3 is 2.66 bits per heavy atom. The first-order chi connectivity index (χ1) is 18.1.